The summed E-state index contributed by atoms with van der Waals surface area (Å²) < 4.78 is 1.95. The van der Waals surface area contributed by atoms with Crippen LogP contribution in [0.4, 0.5) is 5.69 Å². The first-order valence-corrected chi connectivity index (χ1v) is 10.0. The summed E-state index contributed by atoms with van der Waals surface area (Å²) in [6.07, 6.45) is 2.76. The molecule has 0 unspecified atom stereocenters. The molecular weight excluding hydrogens is 352 g/mol. The van der Waals surface area contributed by atoms with E-state index in [4.69, 9.17) is 0 Å². The van der Waals surface area contributed by atoms with E-state index < -0.39 is 0 Å². The first-order chi connectivity index (χ1) is 13.2. The summed E-state index contributed by atoms with van der Waals surface area (Å²) in [5.74, 6) is -0.0148. The molecule has 0 radical (unpaired) electrons. The van der Waals surface area contributed by atoms with Crippen LogP contribution >= 0.6 is 0 Å². The SMILES string of the molecule is CCN(C(=O)c1nc(C(=O)NC(C)(C)C)c2n1CCCC2)c1cccc(C)c1. The smallest absolute Gasteiger partial charge is 0.294 e. The van der Waals surface area contributed by atoms with E-state index in [0.717, 1.165) is 42.8 Å². The molecule has 0 atom stereocenters. The van der Waals surface area contributed by atoms with Gasteiger partial charge in [-0.3, -0.25) is 9.59 Å². The number of aryl methyl sites for hydroxylation is 1. The van der Waals surface area contributed by atoms with Gasteiger partial charge in [0.1, 0.15) is 5.69 Å². The number of amides is 2. The predicted molar refractivity (Wildman–Crippen MR) is 111 cm³/mol. The van der Waals surface area contributed by atoms with Crippen molar-refractivity contribution in [1.82, 2.24) is 14.9 Å². The third-order valence-electron chi connectivity index (χ3n) is 4.89. The van der Waals surface area contributed by atoms with Gasteiger partial charge in [0.15, 0.2) is 0 Å². The van der Waals surface area contributed by atoms with Gasteiger partial charge in [0, 0.05) is 24.3 Å². The minimum Gasteiger partial charge on any atom is -0.346 e. The Morgan fingerprint density at radius 3 is 2.64 bits per heavy atom. The van der Waals surface area contributed by atoms with Crippen molar-refractivity contribution < 1.29 is 9.59 Å². The second-order valence-electron chi connectivity index (χ2n) is 8.43. The first kappa shape index (κ1) is 20.1. The number of anilines is 1. The van der Waals surface area contributed by atoms with Gasteiger partial charge in [0.05, 0.1) is 5.69 Å². The number of fused-ring (bicyclic) bond motifs is 1. The van der Waals surface area contributed by atoms with Crippen LogP contribution in [0.15, 0.2) is 24.3 Å². The number of nitrogens with one attached hydrogen (secondary N) is 1. The fourth-order valence-electron chi connectivity index (χ4n) is 3.65. The highest BCUT2D eigenvalue weighted by Gasteiger charge is 2.31. The Labute approximate surface area is 166 Å². The van der Waals surface area contributed by atoms with E-state index in [0.29, 0.717) is 18.1 Å². The van der Waals surface area contributed by atoms with Gasteiger partial charge in [0.25, 0.3) is 11.8 Å². The maximum Gasteiger partial charge on any atom is 0.294 e. The average Bonchev–Trinajstić information content (AvgIpc) is 3.01. The molecule has 150 valence electrons. The molecule has 1 aromatic heterocycles. The van der Waals surface area contributed by atoms with Gasteiger partial charge in [0.2, 0.25) is 5.82 Å². The Balaban J connectivity index is 2.01. The van der Waals surface area contributed by atoms with E-state index in [1.54, 1.807) is 4.90 Å². The zero-order valence-corrected chi connectivity index (χ0v) is 17.5. The summed E-state index contributed by atoms with van der Waals surface area (Å²) in [4.78, 5) is 32.5. The number of carbonyl (C=O) groups is 2. The standard InChI is InChI=1S/C22H30N4O2/c1-6-25(16-11-9-10-15(2)14-16)21(28)19-23-18(20(27)24-22(3,4)5)17-12-7-8-13-26(17)19/h9-11,14H,6-8,12-13H2,1-5H3,(H,24,27). The summed E-state index contributed by atoms with van der Waals surface area (Å²) in [6, 6.07) is 7.88. The molecule has 2 amide bonds. The molecule has 0 aliphatic carbocycles. The van der Waals surface area contributed by atoms with E-state index in [1.807, 2.05) is 63.5 Å². The molecule has 2 heterocycles. The van der Waals surface area contributed by atoms with Crippen LogP contribution in [-0.2, 0) is 13.0 Å². The summed E-state index contributed by atoms with van der Waals surface area (Å²) in [7, 11) is 0. The molecule has 6 nitrogen and oxygen atoms in total. The molecule has 1 aliphatic heterocycles. The van der Waals surface area contributed by atoms with Crippen molar-refractivity contribution in [3.63, 3.8) is 0 Å². The molecule has 0 saturated heterocycles. The highest BCUT2D eigenvalue weighted by atomic mass is 16.2. The second kappa shape index (κ2) is 7.78. The van der Waals surface area contributed by atoms with Gasteiger partial charge in [-0.1, -0.05) is 12.1 Å². The largest absolute Gasteiger partial charge is 0.346 e. The highest BCUT2D eigenvalue weighted by Crippen LogP contribution is 2.24. The van der Waals surface area contributed by atoms with E-state index >= 15 is 0 Å². The zero-order valence-electron chi connectivity index (χ0n) is 17.5. The predicted octanol–water partition coefficient (Wildman–Crippen LogP) is 3.72. The third kappa shape index (κ3) is 4.11. The molecule has 0 bridgehead atoms. The van der Waals surface area contributed by atoms with Crippen molar-refractivity contribution in [3.05, 3.63) is 47.0 Å². The van der Waals surface area contributed by atoms with Crippen LogP contribution in [0.5, 0.6) is 0 Å². The molecule has 1 aliphatic rings. The van der Waals surface area contributed by atoms with E-state index in [-0.39, 0.29) is 17.4 Å². The summed E-state index contributed by atoms with van der Waals surface area (Å²) in [6.45, 7) is 11.0. The third-order valence-corrected chi connectivity index (χ3v) is 4.89. The number of benzene rings is 1. The van der Waals surface area contributed by atoms with Gasteiger partial charge in [-0.05, 0) is 71.6 Å². The van der Waals surface area contributed by atoms with Crippen LogP contribution in [0, 0.1) is 6.92 Å². The average molecular weight is 383 g/mol. The fourth-order valence-corrected chi connectivity index (χ4v) is 3.65. The summed E-state index contributed by atoms with van der Waals surface area (Å²) >= 11 is 0. The van der Waals surface area contributed by atoms with Crippen LogP contribution in [0.25, 0.3) is 0 Å². The number of aromatic nitrogens is 2. The van der Waals surface area contributed by atoms with Crippen LogP contribution in [0.3, 0.4) is 0 Å². The monoisotopic (exact) mass is 382 g/mol. The molecule has 0 spiro atoms. The lowest BCUT2D eigenvalue weighted by atomic mass is 10.1. The zero-order chi connectivity index (χ0) is 20.5. The maximum absolute atomic E-state index is 13.4. The number of rotatable bonds is 4. The van der Waals surface area contributed by atoms with Gasteiger partial charge in [-0.15, -0.1) is 0 Å². The normalized spacial score (nSPS) is 13.8. The van der Waals surface area contributed by atoms with Gasteiger partial charge in [-0.25, -0.2) is 4.98 Å². The van der Waals surface area contributed by atoms with Crippen molar-refractivity contribution in [2.75, 3.05) is 11.4 Å². The minimum absolute atomic E-state index is 0.161. The molecule has 0 saturated carbocycles. The molecule has 1 N–H and O–H groups in total. The Bertz CT molecular complexity index is 892. The molecule has 3 rings (SSSR count). The second-order valence-corrected chi connectivity index (χ2v) is 8.43. The first-order valence-electron chi connectivity index (χ1n) is 10.0. The van der Waals surface area contributed by atoms with E-state index in [2.05, 4.69) is 10.3 Å². The lowest BCUT2D eigenvalue weighted by Crippen LogP contribution is -2.41. The number of nitrogens with zero attached hydrogens (tertiary/aromatic N) is 3. The van der Waals surface area contributed by atoms with Crippen LogP contribution in [0.2, 0.25) is 0 Å². The highest BCUT2D eigenvalue weighted by molar-refractivity contribution is 6.05. The minimum atomic E-state index is -0.358. The quantitative estimate of drug-likeness (QED) is 0.876. The number of imidazole rings is 1. The molecule has 1 aromatic carbocycles. The summed E-state index contributed by atoms with van der Waals surface area (Å²) in [5, 5.41) is 2.98. The van der Waals surface area contributed by atoms with Crippen LogP contribution < -0.4 is 10.2 Å². The Kier molecular flexibility index (Phi) is 5.59. The van der Waals surface area contributed by atoms with E-state index in [1.165, 1.54) is 0 Å². The van der Waals surface area contributed by atoms with Crippen LogP contribution in [0.1, 0.15) is 72.9 Å². The van der Waals surface area contributed by atoms with Crippen molar-refractivity contribution >= 4 is 17.5 Å². The Morgan fingerprint density at radius 1 is 1.25 bits per heavy atom. The molecule has 2 aromatic rings. The molecular formula is C22H30N4O2. The topological polar surface area (TPSA) is 67.2 Å². The maximum atomic E-state index is 13.4. The lowest BCUT2D eigenvalue weighted by molar-refractivity contribution is 0.0913. The molecule has 0 fully saturated rings. The number of hydrogen-bond acceptors (Lipinski definition) is 3. The van der Waals surface area contributed by atoms with Crippen molar-refractivity contribution in [1.29, 1.82) is 0 Å². The summed E-state index contributed by atoms with van der Waals surface area (Å²) in [5.41, 5.74) is 2.85. The fraction of sp³-hybridized carbons (Fsp3) is 0.500. The van der Waals surface area contributed by atoms with Crippen molar-refractivity contribution in [3.8, 4) is 0 Å². The lowest BCUT2D eigenvalue weighted by Gasteiger charge is -2.23. The number of carbonyl (C=O) groups excluding carboxylic acids is 2. The van der Waals surface area contributed by atoms with Gasteiger partial charge < -0.3 is 14.8 Å². The van der Waals surface area contributed by atoms with Crippen molar-refractivity contribution in [2.24, 2.45) is 0 Å². The molecule has 28 heavy (non-hydrogen) atoms. The Hall–Kier alpha value is -2.63. The van der Waals surface area contributed by atoms with Gasteiger partial charge >= 0.3 is 0 Å². The Morgan fingerprint density at radius 2 is 2.00 bits per heavy atom. The van der Waals surface area contributed by atoms with Crippen molar-refractivity contribution in [2.45, 2.75) is 66.0 Å². The number of hydrogen-bond donors (Lipinski definition) is 1. The van der Waals surface area contributed by atoms with Gasteiger partial charge in [-0.2, -0.15) is 0 Å². The molecule has 6 heteroatoms. The van der Waals surface area contributed by atoms with E-state index in [9.17, 15) is 9.59 Å². The van der Waals surface area contributed by atoms with Crippen LogP contribution in [-0.4, -0.2) is 33.4 Å².